The average Bonchev–Trinajstić information content (AvgIpc) is 3.17. The molecule has 0 N–H and O–H groups in total. The van der Waals surface area contributed by atoms with Crippen LogP contribution in [0.1, 0.15) is 17.9 Å². The van der Waals surface area contributed by atoms with E-state index in [1.807, 2.05) is 6.07 Å². The van der Waals surface area contributed by atoms with E-state index in [4.69, 9.17) is 30.8 Å². The zero-order valence-corrected chi connectivity index (χ0v) is 12.1. The van der Waals surface area contributed by atoms with E-state index >= 15 is 0 Å². The number of halogens is 1. The van der Waals surface area contributed by atoms with Crippen molar-refractivity contribution in [1.29, 1.82) is 5.26 Å². The van der Waals surface area contributed by atoms with Gasteiger partial charge in [-0.1, -0.05) is 11.6 Å². The van der Waals surface area contributed by atoms with Gasteiger partial charge < -0.3 is 13.9 Å². The summed E-state index contributed by atoms with van der Waals surface area (Å²) < 4.78 is 16.6. The molecule has 0 saturated carbocycles. The molecule has 6 nitrogen and oxygen atoms in total. The van der Waals surface area contributed by atoms with E-state index < -0.39 is 5.60 Å². The topological polar surface area (TPSA) is 81.2 Å². The number of methoxy groups -OCH3 is 1. The Morgan fingerprint density at radius 1 is 1.43 bits per heavy atom. The van der Waals surface area contributed by atoms with Crippen molar-refractivity contribution in [2.45, 2.75) is 12.0 Å². The lowest BCUT2D eigenvalue weighted by Gasteiger charge is -2.20. The van der Waals surface area contributed by atoms with Crippen LogP contribution >= 0.6 is 11.6 Å². The number of nitriles is 1. The summed E-state index contributed by atoms with van der Waals surface area (Å²) in [6.45, 7) is 0.980. The smallest absolute Gasteiger partial charge is 0.251 e. The first-order valence-corrected chi connectivity index (χ1v) is 6.73. The maximum absolute atomic E-state index is 8.88. The normalized spacial score (nSPS) is 21.4. The van der Waals surface area contributed by atoms with Crippen molar-refractivity contribution < 1.29 is 13.9 Å². The Labute approximate surface area is 126 Å². The Balaban J connectivity index is 1.95. The lowest BCUT2D eigenvalue weighted by Crippen LogP contribution is -2.29. The average molecular weight is 306 g/mol. The predicted octanol–water partition coefficient (Wildman–Crippen LogP) is 2.52. The molecule has 1 aliphatic heterocycles. The maximum atomic E-state index is 8.88. The van der Waals surface area contributed by atoms with E-state index in [1.54, 1.807) is 25.3 Å². The minimum Gasteiger partial charge on any atom is -0.417 e. The Kier molecular flexibility index (Phi) is 3.64. The molecule has 21 heavy (non-hydrogen) atoms. The molecule has 0 spiro atoms. The predicted molar refractivity (Wildman–Crippen MR) is 73.6 cm³/mol. The van der Waals surface area contributed by atoms with Gasteiger partial charge in [-0.25, -0.2) is 0 Å². The quantitative estimate of drug-likeness (QED) is 0.866. The van der Waals surface area contributed by atoms with Crippen LogP contribution in [0.15, 0.2) is 22.6 Å². The molecule has 1 unspecified atom stereocenters. The third kappa shape index (κ3) is 2.40. The first kappa shape index (κ1) is 14.0. The summed E-state index contributed by atoms with van der Waals surface area (Å²) in [5.41, 5.74) is 0.377. The molecule has 108 valence electrons. The van der Waals surface area contributed by atoms with Gasteiger partial charge in [-0.05, 0) is 18.2 Å². The number of aromatic nitrogens is 2. The van der Waals surface area contributed by atoms with Crippen LogP contribution in [0.3, 0.4) is 0 Å². The highest BCUT2D eigenvalue weighted by Gasteiger charge is 2.42. The zero-order chi connectivity index (χ0) is 14.9. The summed E-state index contributed by atoms with van der Waals surface area (Å²) in [6.07, 6.45) is 0.666. The van der Waals surface area contributed by atoms with E-state index in [0.717, 1.165) is 0 Å². The molecular weight excluding hydrogens is 294 g/mol. The third-order valence-electron chi connectivity index (χ3n) is 3.53. The first-order chi connectivity index (χ1) is 10.2. The lowest BCUT2D eigenvalue weighted by atomic mass is 10.0. The lowest BCUT2D eigenvalue weighted by molar-refractivity contribution is -0.0407. The van der Waals surface area contributed by atoms with Crippen molar-refractivity contribution in [3.8, 4) is 17.5 Å². The molecule has 3 rings (SSSR count). The standard InChI is InChI=1S/C14H12ClN3O3/c1-19-14(4-5-20-8-14)13-18-17-12(21-13)9-2-3-10(7-16)11(15)6-9/h2-3,6H,4-5,8H2,1H3. The number of hydrogen-bond donors (Lipinski definition) is 0. The van der Waals surface area contributed by atoms with E-state index in [9.17, 15) is 0 Å². The van der Waals surface area contributed by atoms with Gasteiger partial charge in [0.05, 0.1) is 23.8 Å². The van der Waals surface area contributed by atoms with Crippen molar-refractivity contribution >= 4 is 11.6 Å². The van der Waals surface area contributed by atoms with Crippen LogP contribution in [0.4, 0.5) is 0 Å². The molecule has 0 amide bonds. The fourth-order valence-corrected chi connectivity index (χ4v) is 2.45. The Morgan fingerprint density at radius 2 is 2.29 bits per heavy atom. The summed E-state index contributed by atoms with van der Waals surface area (Å²) >= 11 is 6.01. The van der Waals surface area contributed by atoms with Gasteiger partial charge in [0.15, 0.2) is 5.60 Å². The monoisotopic (exact) mass is 305 g/mol. The van der Waals surface area contributed by atoms with Gasteiger partial charge in [0.25, 0.3) is 5.89 Å². The van der Waals surface area contributed by atoms with Crippen LogP contribution in [-0.2, 0) is 15.1 Å². The Bertz CT molecular complexity index is 702. The zero-order valence-electron chi connectivity index (χ0n) is 11.3. The number of ether oxygens (including phenoxy) is 2. The maximum Gasteiger partial charge on any atom is 0.251 e. The molecule has 2 heterocycles. The highest BCUT2D eigenvalue weighted by atomic mass is 35.5. The molecule has 1 aromatic carbocycles. The molecule has 0 radical (unpaired) electrons. The minimum absolute atomic E-state index is 0.333. The number of nitrogens with zero attached hydrogens (tertiary/aromatic N) is 3. The first-order valence-electron chi connectivity index (χ1n) is 6.35. The van der Waals surface area contributed by atoms with Crippen molar-refractivity contribution in [3.05, 3.63) is 34.7 Å². The van der Waals surface area contributed by atoms with Gasteiger partial charge in [0, 0.05) is 19.1 Å². The number of rotatable bonds is 3. The van der Waals surface area contributed by atoms with Crippen LogP contribution in [0, 0.1) is 11.3 Å². The van der Waals surface area contributed by atoms with Crippen LogP contribution in [0.2, 0.25) is 5.02 Å². The van der Waals surface area contributed by atoms with Crippen molar-refractivity contribution in [3.63, 3.8) is 0 Å². The van der Waals surface area contributed by atoms with E-state index in [-0.39, 0.29) is 0 Å². The highest BCUT2D eigenvalue weighted by molar-refractivity contribution is 6.32. The van der Waals surface area contributed by atoms with Crippen molar-refractivity contribution in [2.24, 2.45) is 0 Å². The fourth-order valence-electron chi connectivity index (χ4n) is 2.23. The summed E-state index contributed by atoms with van der Waals surface area (Å²) in [4.78, 5) is 0. The second kappa shape index (κ2) is 5.45. The van der Waals surface area contributed by atoms with Gasteiger partial charge in [-0.3, -0.25) is 0 Å². The molecule has 7 heteroatoms. The van der Waals surface area contributed by atoms with Crippen LogP contribution in [0.5, 0.6) is 0 Å². The van der Waals surface area contributed by atoms with Crippen LogP contribution < -0.4 is 0 Å². The summed E-state index contributed by atoms with van der Waals surface area (Å²) in [6, 6.07) is 6.96. The van der Waals surface area contributed by atoms with Gasteiger partial charge >= 0.3 is 0 Å². The summed E-state index contributed by atoms with van der Waals surface area (Å²) in [5.74, 6) is 0.720. The second-order valence-corrected chi connectivity index (χ2v) is 5.13. The number of benzene rings is 1. The van der Waals surface area contributed by atoms with E-state index in [1.165, 1.54) is 0 Å². The van der Waals surface area contributed by atoms with E-state index in [0.29, 0.717) is 47.6 Å². The molecule has 1 aliphatic rings. The van der Waals surface area contributed by atoms with Gasteiger partial charge in [-0.15, -0.1) is 10.2 Å². The van der Waals surface area contributed by atoms with Crippen molar-refractivity contribution in [1.82, 2.24) is 10.2 Å². The Morgan fingerprint density at radius 3 is 2.90 bits per heavy atom. The molecule has 0 bridgehead atoms. The Hall–Kier alpha value is -1.94. The molecule has 1 fully saturated rings. The highest BCUT2D eigenvalue weighted by Crippen LogP contribution is 2.34. The summed E-state index contributed by atoms with van der Waals surface area (Å²) in [7, 11) is 1.59. The van der Waals surface area contributed by atoms with Crippen LogP contribution in [0.25, 0.3) is 11.5 Å². The van der Waals surface area contributed by atoms with Gasteiger partial charge in [0.2, 0.25) is 5.89 Å². The molecule has 2 aromatic rings. The largest absolute Gasteiger partial charge is 0.417 e. The second-order valence-electron chi connectivity index (χ2n) is 4.72. The van der Waals surface area contributed by atoms with Crippen LogP contribution in [-0.4, -0.2) is 30.5 Å². The molecular formula is C14H12ClN3O3. The molecule has 1 atom stereocenters. The molecule has 1 saturated heterocycles. The number of hydrogen-bond acceptors (Lipinski definition) is 6. The summed E-state index contributed by atoms with van der Waals surface area (Å²) in [5, 5.41) is 17.3. The fraction of sp³-hybridized carbons (Fsp3) is 0.357. The van der Waals surface area contributed by atoms with Gasteiger partial charge in [-0.2, -0.15) is 5.26 Å². The minimum atomic E-state index is -0.679. The van der Waals surface area contributed by atoms with Gasteiger partial charge in [0.1, 0.15) is 6.07 Å². The SMILES string of the molecule is COC1(c2nnc(-c3ccc(C#N)c(Cl)c3)o2)CCOC1. The van der Waals surface area contributed by atoms with Crippen molar-refractivity contribution in [2.75, 3.05) is 20.3 Å². The molecule has 1 aromatic heterocycles. The third-order valence-corrected chi connectivity index (χ3v) is 3.84. The molecule has 0 aliphatic carbocycles. The van der Waals surface area contributed by atoms with E-state index in [2.05, 4.69) is 10.2 Å².